The molecule has 5 heteroatoms. The number of hydrogen-bond acceptors (Lipinski definition) is 4. The first-order chi connectivity index (χ1) is 9.68. The summed E-state index contributed by atoms with van der Waals surface area (Å²) in [5, 5.41) is 5.54. The molecule has 2 amide bonds. The van der Waals surface area contributed by atoms with Crippen LogP contribution in [-0.4, -0.2) is 16.8 Å². The van der Waals surface area contributed by atoms with Gasteiger partial charge in [0.2, 0.25) is 11.8 Å². The maximum absolute atomic E-state index is 12.2. The summed E-state index contributed by atoms with van der Waals surface area (Å²) >= 11 is 1.62. The highest BCUT2D eigenvalue weighted by atomic mass is 32.1. The molecule has 1 N–H and O–H groups in total. The van der Waals surface area contributed by atoms with Crippen molar-refractivity contribution in [3.05, 3.63) is 16.1 Å². The fourth-order valence-electron chi connectivity index (χ4n) is 2.70. The van der Waals surface area contributed by atoms with E-state index in [1.165, 1.54) is 0 Å². The van der Waals surface area contributed by atoms with Crippen molar-refractivity contribution in [2.75, 3.05) is 0 Å². The van der Waals surface area contributed by atoms with E-state index in [1.54, 1.807) is 11.3 Å². The second-order valence-corrected chi connectivity index (χ2v) is 8.14. The summed E-state index contributed by atoms with van der Waals surface area (Å²) in [6.07, 6.45) is 1.14. The van der Waals surface area contributed by atoms with Gasteiger partial charge in [0.25, 0.3) is 0 Å². The van der Waals surface area contributed by atoms with Crippen molar-refractivity contribution in [3.8, 4) is 0 Å². The highest BCUT2D eigenvalue weighted by Crippen LogP contribution is 2.37. The Hall–Kier alpha value is -1.23. The first-order valence-corrected chi connectivity index (χ1v) is 8.36. The van der Waals surface area contributed by atoms with Gasteiger partial charge in [-0.3, -0.25) is 14.9 Å². The average Bonchev–Trinajstić information content (AvgIpc) is 2.80. The molecule has 1 aromatic rings. The summed E-state index contributed by atoms with van der Waals surface area (Å²) in [6.45, 7) is 10.6. The molecular formula is C16H24N2O2S. The zero-order chi connectivity index (χ0) is 15.8. The Kier molecular flexibility index (Phi) is 4.51. The number of imide groups is 1. The molecular weight excluding hydrogens is 284 g/mol. The van der Waals surface area contributed by atoms with E-state index < -0.39 is 0 Å². The molecule has 2 heterocycles. The summed E-state index contributed by atoms with van der Waals surface area (Å²) in [7, 11) is 0. The zero-order valence-electron chi connectivity index (χ0n) is 13.4. The predicted molar refractivity (Wildman–Crippen MR) is 84.3 cm³/mol. The van der Waals surface area contributed by atoms with Gasteiger partial charge in [-0.1, -0.05) is 34.6 Å². The summed E-state index contributed by atoms with van der Waals surface area (Å²) in [5.41, 5.74) is 0.899. The summed E-state index contributed by atoms with van der Waals surface area (Å²) in [4.78, 5) is 28.6. The van der Waals surface area contributed by atoms with Crippen LogP contribution in [0.2, 0.25) is 0 Å². The molecule has 4 nitrogen and oxygen atoms in total. The van der Waals surface area contributed by atoms with Crippen LogP contribution in [0.1, 0.15) is 64.1 Å². The van der Waals surface area contributed by atoms with Crippen molar-refractivity contribution < 1.29 is 9.59 Å². The van der Waals surface area contributed by atoms with Crippen LogP contribution >= 0.6 is 11.3 Å². The maximum Gasteiger partial charge on any atom is 0.230 e. The van der Waals surface area contributed by atoms with E-state index in [0.717, 1.165) is 17.1 Å². The van der Waals surface area contributed by atoms with E-state index in [1.807, 2.05) is 5.38 Å². The molecule has 0 spiro atoms. The highest BCUT2D eigenvalue weighted by molar-refractivity contribution is 7.09. The molecule has 21 heavy (non-hydrogen) atoms. The lowest BCUT2D eigenvalue weighted by atomic mass is 9.79. The minimum Gasteiger partial charge on any atom is -0.296 e. The van der Waals surface area contributed by atoms with Crippen LogP contribution in [0, 0.1) is 11.8 Å². The molecule has 0 aromatic carbocycles. The van der Waals surface area contributed by atoms with Crippen LogP contribution in [0.15, 0.2) is 5.38 Å². The number of thiazole rings is 1. The minimum atomic E-state index is -0.185. The van der Waals surface area contributed by atoms with E-state index >= 15 is 0 Å². The SMILES string of the molecule is CC(C)CC1C(=O)NC(=O)CC1c1csc(C(C)(C)C)n1. The van der Waals surface area contributed by atoms with E-state index in [4.69, 9.17) is 4.98 Å². The van der Waals surface area contributed by atoms with Crippen LogP contribution in [0.25, 0.3) is 0 Å². The molecule has 1 saturated heterocycles. The zero-order valence-corrected chi connectivity index (χ0v) is 14.2. The molecule has 0 radical (unpaired) electrons. The molecule has 0 saturated carbocycles. The molecule has 2 unspecified atom stereocenters. The first kappa shape index (κ1) is 16.1. The maximum atomic E-state index is 12.2. The van der Waals surface area contributed by atoms with Crippen LogP contribution in [0.3, 0.4) is 0 Å². The van der Waals surface area contributed by atoms with E-state index in [-0.39, 0.29) is 29.1 Å². The van der Waals surface area contributed by atoms with Crippen LogP contribution in [0.4, 0.5) is 0 Å². The van der Waals surface area contributed by atoms with E-state index in [0.29, 0.717) is 12.3 Å². The largest absolute Gasteiger partial charge is 0.296 e. The lowest BCUT2D eigenvalue weighted by Gasteiger charge is -2.30. The van der Waals surface area contributed by atoms with Gasteiger partial charge in [0.05, 0.1) is 10.7 Å². The predicted octanol–water partition coefficient (Wildman–Crippen LogP) is 3.23. The number of aromatic nitrogens is 1. The number of amides is 2. The Morgan fingerprint density at radius 1 is 1.38 bits per heavy atom. The quantitative estimate of drug-likeness (QED) is 0.872. The van der Waals surface area contributed by atoms with Crippen molar-refractivity contribution in [3.63, 3.8) is 0 Å². The topological polar surface area (TPSA) is 59.1 Å². The normalized spacial score (nSPS) is 23.5. The Balaban J connectivity index is 2.30. The second-order valence-electron chi connectivity index (χ2n) is 7.29. The van der Waals surface area contributed by atoms with Crippen LogP contribution in [0.5, 0.6) is 0 Å². The third-order valence-electron chi connectivity index (χ3n) is 3.76. The number of carbonyl (C=O) groups excluding carboxylic acids is 2. The molecule has 1 aliphatic heterocycles. The smallest absolute Gasteiger partial charge is 0.230 e. The number of rotatable bonds is 3. The average molecular weight is 308 g/mol. The van der Waals surface area contributed by atoms with E-state index in [2.05, 4.69) is 39.9 Å². The van der Waals surface area contributed by atoms with Crippen molar-refractivity contribution in [1.82, 2.24) is 10.3 Å². The van der Waals surface area contributed by atoms with Gasteiger partial charge in [-0.15, -0.1) is 11.3 Å². The fraction of sp³-hybridized carbons (Fsp3) is 0.688. The number of hydrogen-bond donors (Lipinski definition) is 1. The summed E-state index contributed by atoms with van der Waals surface area (Å²) < 4.78 is 0. The standard InChI is InChI=1S/C16H24N2O2S/c1-9(2)6-11-10(7-13(19)18-14(11)20)12-8-21-15(17-12)16(3,4)5/h8-11H,6-7H2,1-5H3,(H,18,19,20). The van der Waals surface area contributed by atoms with Gasteiger partial charge < -0.3 is 0 Å². The minimum absolute atomic E-state index is 0.00258. The Morgan fingerprint density at radius 2 is 2.05 bits per heavy atom. The number of nitrogens with one attached hydrogen (secondary N) is 1. The van der Waals surface area contributed by atoms with Crippen molar-refractivity contribution in [2.45, 2.75) is 58.8 Å². The Labute approximate surface area is 130 Å². The van der Waals surface area contributed by atoms with Gasteiger partial charge in [0.1, 0.15) is 0 Å². The molecule has 2 atom stereocenters. The molecule has 1 aromatic heterocycles. The Morgan fingerprint density at radius 3 is 2.57 bits per heavy atom. The van der Waals surface area contributed by atoms with Crippen molar-refractivity contribution in [1.29, 1.82) is 0 Å². The van der Waals surface area contributed by atoms with Gasteiger partial charge in [0, 0.05) is 29.1 Å². The summed E-state index contributed by atoms with van der Waals surface area (Å²) in [5.74, 6) is -0.152. The third-order valence-corrected chi connectivity index (χ3v) is 5.05. The number of nitrogens with zero attached hydrogens (tertiary/aromatic N) is 1. The third kappa shape index (κ3) is 3.70. The van der Waals surface area contributed by atoms with E-state index in [9.17, 15) is 9.59 Å². The lowest BCUT2D eigenvalue weighted by molar-refractivity contribution is -0.137. The van der Waals surface area contributed by atoms with Crippen molar-refractivity contribution >= 4 is 23.2 Å². The Bertz CT molecular complexity index is 543. The monoisotopic (exact) mass is 308 g/mol. The molecule has 116 valence electrons. The second kappa shape index (κ2) is 5.87. The van der Waals surface area contributed by atoms with Gasteiger partial charge in [-0.25, -0.2) is 4.98 Å². The molecule has 0 bridgehead atoms. The fourth-order valence-corrected chi connectivity index (χ4v) is 3.67. The summed E-state index contributed by atoms with van der Waals surface area (Å²) in [6, 6.07) is 0. The molecule has 1 aliphatic rings. The molecule has 2 rings (SSSR count). The molecule has 1 fully saturated rings. The molecule has 0 aliphatic carbocycles. The lowest BCUT2D eigenvalue weighted by Crippen LogP contribution is -2.45. The first-order valence-electron chi connectivity index (χ1n) is 7.48. The van der Waals surface area contributed by atoms with Gasteiger partial charge in [-0.05, 0) is 12.3 Å². The van der Waals surface area contributed by atoms with Gasteiger partial charge >= 0.3 is 0 Å². The van der Waals surface area contributed by atoms with Crippen molar-refractivity contribution in [2.24, 2.45) is 11.8 Å². The van der Waals surface area contributed by atoms with Gasteiger partial charge in [-0.2, -0.15) is 0 Å². The van der Waals surface area contributed by atoms with Gasteiger partial charge in [0.15, 0.2) is 0 Å². The van der Waals surface area contributed by atoms with Crippen LogP contribution in [-0.2, 0) is 15.0 Å². The van der Waals surface area contributed by atoms with Crippen LogP contribution < -0.4 is 5.32 Å². The number of piperidine rings is 1. The number of carbonyl (C=O) groups is 2. The highest BCUT2D eigenvalue weighted by Gasteiger charge is 2.38.